The zero-order valence-electron chi connectivity index (χ0n) is 16.4. The summed E-state index contributed by atoms with van der Waals surface area (Å²) in [6.45, 7) is 5.28. The Morgan fingerprint density at radius 2 is 1.83 bits per heavy atom. The second kappa shape index (κ2) is 7.01. The van der Waals surface area contributed by atoms with E-state index in [2.05, 4.69) is 4.98 Å². The van der Waals surface area contributed by atoms with Gasteiger partial charge in [0.25, 0.3) is 11.1 Å². The summed E-state index contributed by atoms with van der Waals surface area (Å²) in [5.41, 5.74) is 2.53. The fourth-order valence-corrected chi connectivity index (χ4v) is 3.69. The van der Waals surface area contributed by atoms with Crippen LogP contribution in [0.4, 0.5) is 0 Å². The number of fused-ring (bicyclic) bond motifs is 1. The maximum absolute atomic E-state index is 13.4. The lowest BCUT2D eigenvalue weighted by atomic mass is 10.2. The van der Waals surface area contributed by atoms with Crippen LogP contribution >= 0.6 is 0 Å². The minimum Gasteiger partial charge on any atom is -0.308 e. The van der Waals surface area contributed by atoms with Gasteiger partial charge in [-0.3, -0.25) is 19.4 Å². The number of hydrogen-bond donors (Lipinski definition) is 0. The first-order chi connectivity index (χ1) is 13.9. The second-order valence-electron chi connectivity index (χ2n) is 7.01. The van der Waals surface area contributed by atoms with E-state index < -0.39 is 0 Å². The monoisotopic (exact) mass is 388 g/mol. The summed E-state index contributed by atoms with van der Waals surface area (Å²) in [6, 6.07) is 12.4. The third-order valence-corrected chi connectivity index (χ3v) is 5.09. The molecule has 0 fully saturated rings. The van der Waals surface area contributed by atoms with Crippen molar-refractivity contribution in [1.82, 2.24) is 18.9 Å². The van der Waals surface area contributed by atoms with E-state index in [9.17, 15) is 14.4 Å². The van der Waals surface area contributed by atoms with E-state index in [0.29, 0.717) is 28.8 Å². The lowest BCUT2D eigenvalue weighted by Crippen LogP contribution is -2.25. The third kappa shape index (κ3) is 3.00. The molecule has 146 valence electrons. The molecule has 0 unspecified atom stereocenters. The molecule has 0 saturated heterocycles. The van der Waals surface area contributed by atoms with E-state index in [1.807, 2.05) is 31.2 Å². The van der Waals surface area contributed by atoms with E-state index in [1.165, 1.54) is 26.9 Å². The van der Waals surface area contributed by atoms with Gasteiger partial charge in [0.1, 0.15) is 0 Å². The van der Waals surface area contributed by atoms with Gasteiger partial charge >= 0.3 is 0 Å². The van der Waals surface area contributed by atoms with Crippen LogP contribution in [0.25, 0.3) is 16.6 Å². The van der Waals surface area contributed by atoms with Crippen LogP contribution in [0.2, 0.25) is 0 Å². The number of carbonyl (C=O) groups is 1. The number of aromatic nitrogens is 4. The Morgan fingerprint density at radius 1 is 1.07 bits per heavy atom. The van der Waals surface area contributed by atoms with Crippen LogP contribution in [0, 0.1) is 13.8 Å². The first-order valence-electron chi connectivity index (χ1n) is 9.24. The molecule has 0 radical (unpaired) electrons. The summed E-state index contributed by atoms with van der Waals surface area (Å²) in [5, 5.41) is 0.354. The topological polar surface area (TPSA) is 78.9 Å². The molecule has 29 heavy (non-hydrogen) atoms. The van der Waals surface area contributed by atoms with Gasteiger partial charge in [-0.05, 0) is 37.1 Å². The van der Waals surface area contributed by atoms with Crippen molar-refractivity contribution >= 4 is 16.8 Å². The van der Waals surface area contributed by atoms with Crippen molar-refractivity contribution in [3.63, 3.8) is 0 Å². The van der Waals surface area contributed by atoms with Crippen molar-refractivity contribution in [1.29, 1.82) is 0 Å². The number of para-hydroxylation sites is 1. The molecule has 3 aromatic heterocycles. The molecule has 0 aliphatic rings. The van der Waals surface area contributed by atoms with Crippen LogP contribution in [0.15, 0.2) is 64.4 Å². The molecular formula is C22H20N4O3. The van der Waals surface area contributed by atoms with Crippen molar-refractivity contribution in [2.45, 2.75) is 27.3 Å². The second-order valence-corrected chi connectivity index (χ2v) is 7.01. The standard InChI is InChI=1S/C22H20N4O3/c1-14-7-4-5-9-18(14)26-22(29)21-15(2)24(13-17-8-6-10-23-12-17)20(28)11-19(21)25(26)16(3)27/h4-12H,13H2,1-3H3. The summed E-state index contributed by atoms with van der Waals surface area (Å²) < 4.78 is 4.17. The molecule has 0 bridgehead atoms. The van der Waals surface area contributed by atoms with Crippen LogP contribution in [0.3, 0.4) is 0 Å². The maximum Gasteiger partial charge on any atom is 0.281 e. The highest BCUT2D eigenvalue weighted by Gasteiger charge is 2.22. The molecule has 0 aliphatic heterocycles. The fraction of sp³-hybridized carbons (Fsp3) is 0.182. The van der Waals surface area contributed by atoms with E-state index in [0.717, 1.165) is 11.1 Å². The molecule has 4 rings (SSSR count). The highest BCUT2D eigenvalue weighted by molar-refractivity contribution is 5.91. The average molecular weight is 388 g/mol. The van der Waals surface area contributed by atoms with Gasteiger partial charge < -0.3 is 4.57 Å². The minimum absolute atomic E-state index is 0.282. The zero-order chi connectivity index (χ0) is 20.7. The van der Waals surface area contributed by atoms with Crippen LogP contribution in [0.5, 0.6) is 0 Å². The van der Waals surface area contributed by atoms with Crippen molar-refractivity contribution in [2.24, 2.45) is 0 Å². The lowest BCUT2D eigenvalue weighted by Gasteiger charge is -2.12. The molecule has 0 atom stereocenters. The fourth-order valence-electron chi connectivity index (χ4n) is 3.69. The van der Waals surface area contributed by atoms with E-state index in [1.54, 1.807) is 31.5 Å². The number of pyridine rings is 2. The number of rotatable bonds is 3. The number of nitrogens with zero attached hydrogens (tertiary/aromatic N) is 4. The van der Waals surface area contributed by atoms with Gasteiger partial charge in [0.15, 0.2) is 0 Å². The molecule has 0 N–H and O–H groups in total. The van der Waals surface area contributed by atoms with Gasteiger partial charge in [-0.2, -0.15) is 0 Å². The van der Waals surface area contributed by atoms with Gasteiger partial charge in [0.2, 0.25) is 5.91 Å². The Bertz CT molecular complexity index is 1360. The predicted octanol–water partition coefficient (Wildman–Crippen LogP) is 2.67. The van der Waals surface area contributed by atoms with Crippen molar-refractivity contribution in [2.75, 3.05) is 0 Å². The minimum atomic E-state index is -0.343. The molecule has 7 nitrogen and oxygen atoms in total. The highest BCUT2D eigenvalue weighted by atomic mass is 16.2. The Labute approximate surface area is 166 Å². The van der Waals surface area contributed by atoms with Gasteiger partial charge in [-0.1, -0.05) is 24.3 Å². The predicted molar refractivity (Wildman–Crippen MR) is 111 cm³/mol. The van der Waals surface area contributed by atoms with Gasteiger partial charge in [0.05, 0.1) is 23.1 Å². The first-order valence-corrected chi connectivity index (χ1v) is 9.24. The number of benzene rings is 1. The quantitative estimate of drug-likeness (QED) is 0.541. The van der Waals surface area contributed by atoms with Gasteiger partial charge in [-0.25, -0.2) is 9.36 Å². The zero-order valence-corrected chi connectivity index (χ0v) is 16.4. The first kappa shape index (κ1) is 18.6. The summed E-state index contributed by atoms with van der Waals surface area (Å²) in [6.07, 6.45) is 3.35. The molecule has 7 heteroatoms. The van der Waals surface area contributed by atoms with Crippen molar-refractivity contribution < 1.29 is 4.79 Å². The van der Waals surface area contributed by atoms with Crippen LogP contribution in [-0.4, -0.2) is 24.8 Å². The maximum atomic E-state index is 13.4. The van der Waals surface area contributed by atoms with Gasteiger partial charge in [0, 0.05) is 31.1 Å². The largest absolute Gasteiger partial charge is 0.308 e. The molecule has 0 amide bonds. The molecular weight excluding hydrogens is 368 g/mol. The molecule has 0 saturated carbocycles. The van der Waals surface area contributed by atoms with Crippen LogP contribution in [0.1, 0.15) is 28.5 Å². The molecule has 0 aliphatic carbocycles. The molecule has 4 aromatic rings. The van der Waals surface area contributed by atoms with E-state index in [4.69, 9.17) is 0 Å². The lowest BCUT2D eigenvalue weighted by molar-refractivity contribution is 0.0917. The third-order valence-electron chi connectivity index (χ3n) is 5.09. The number of aryl methyl sites for hydroxylation is 2. The van der Waals surface area contributed by atoms with E-state index in [-0.39, 0.29) is 17.0 Å². The summed E-state index contributed by atoms with van der Waals surface area (Å²) in [4.78, 5) is 42.8. The Kier molecular flexibility index (Phi) is 4.50. The van der Waals surface area contributed by atoms with Crippen molar-refractivity contribution in [3.05, 3.63) is 92.4 Å². The molecule has 0 spiro atoms. The average Bonchev–Trinajstić information content (AvgIpc) is 2.98. The normalized spacial score (nSPS) is 11.1. The van der Waals surface area contributed by atoms with Crippen LogP contribution < -0.4 is 11.1 Å². The van der Waals surface area contributed by atoms with Gasteiger partial charge in [-0.15, -0.1) is 0 Å². The Balaban J connectivity index is 2.06. The Morgan fingerprint density at radius 3 is 2.48 bits per heavy atom. The van der Waals surface area contributed by atoms with Crippen molar-refractivity contribution in [3.8, 4) is 5.69 Å². The number of carbonyl (C=O) groups excluding carboxylic acids is 1. The molecule has 3 heterocycles. The summed E-state index contributed by atoms with van der Waals surface area (Å²) >= 11 is 0. The highest BCUT2D eigenvalue weighted by Crippen LogP contribution is 2.19. The number of hydrogen-bond acceptors (Lipinski definition) is 4. The Hall–Kier alpha value is -3.74. The van der Waals surface area contributed by atoms with E-state index >= 15 is 0 Å². The summed E-state index contributed by atoms with van der Waals surface area (Å²) in [7, 11) is 0. The smallest absolute Gasteiger partial charge is 0.281 e. The van der Waals surface area contributed by atoms with Crippen LogP contribution in [-0.2, 0) is 6.54 Å². The summed E-state index contributed by atoms with van der Waals surface area (Å²) in [5.74, 6) is -0.343. The SMILES string of the molecule is CC(=O)n1c2cc(=O)n(Cc3cccnc3)c(C)c2c(=O)n1-c1ccccc1C. The molecule has 1 aromatic carbocycles.